The van der Waals surface area contributed by atoms with Crippen molar-refractivity contribution < 1.29 is 33.3 Å². The molecule has 292 valence electrons. The van der Waals surface area contributed by atoms with Gasteiger partial charge in [-0.15, -0.1) is 0 Å². The van der Waals surface area contributed by atoms with Gasteiger partial charge < -0.3 is 34.4 Å². The Hall–Kier alpha value is -5.72. The maximum absolute atomic E-state index is 12.4. The normalized spacial score (nSPS) is 17.8. The minimum absolute atomic E-state index is 0.0287. The summed E-state index contributed by atoms with van der Waals surface area (Å²) in [5.41, 5.74) is 8.25. The van der Waals surface area contributed by atoms with Gasteiger partial charge in [0.25, 0.3) is 5.22 Å². The van der Waals surface area contributed by atoms with Gasteiger partial charge in [0.15, 0.2) is 12.1 Å². The molecule has 3 N–H and O–H groups in total. The van der Waals surface area contributed by atoms with E-state index in [-0.39, 0.29) is 44.4 Å². The van der Waals surface area contributed by atoms with Crippen LogP contribution < -0.4 is 10.6 Å². The number of hydrogen-bond acceptors (Lipinski definition) is 9. The van der Waals surface area contributed by atoms with Crippen LogP contribution in [0, 0.1) is 5.92 Å². The molecular weight excluding hydrogens is 739 g/mol. The lowest BCUT2D eigenvalue weighted by atomic mass is 9.91. The van der Waals surface area contributed by atoms with Crippen LogP contribution >= 0.6 is 11.8 Å². The van der Waals surface area contributed by atoms with Gasteiger partial charge in [0.2, 0.25) is 0 Å². The van der Waals surface area contributed by atoms with E-state index in [1.165, 1.54) is 11.8 Å². The van der Waals surface area contributed by atoms with E-state index in [1.54, 1.807) is 6.92 Å². The van der Waals surface area contributed by atoms with Crippen molar-refractivity contribution >= 4 is 23.8 Å². The molecule has 4 atom stereocenters. The lowest BCUT2D eigenvalue weighted by molar-refractivity contribution is -0.268. The number of aliphatic hydroxyl groups is 1. The van der Waals surface area contributed by atoms with Crippen molar-refractivity contribution in [1.29, 1.82) is 0 Å². The fraction of sp³-hybridized carbons (Fsp3) is 0.239. The van der Waals surface area contributed by atoms with E-state index in [1.807, 2.05) is 133 Å². The van der Waals surface area contributed by atoms with Gasteiger partial charge in [0.05, 0.1) is 25.4 Å². The number of urea groups is 1. The molecule has 2 amide bonds. The lowest BCUT2D eigenvalue weighted by Crippen LogP contribution is -2.38. The third-order valence-corrected chi connectivity index (χ3v) is 10.8. The molecule has 1 saturated heterocycles. The number of ether oxygens (including phenoxy) is 3. The van der Waals surface area contributed by atoms with Crippen LogP contribution in [0.4, 0.5) is 4.79 Å². The van der Waals surface area contributed by atoms with E-state index in [0.717, 1.165) is 56.0 Å². The second-order valence-electron chi connectivity index (χ2n) is 13.6. The molecule has 1 fully saturated rings. The zero-order chi connectivity index (χ0) is 39.6. The molecule has 57 heavy (non-hydrogen) atoms. The molecule has 6 aromatic rings. The van der Waals surface area contributed by atoms with Crippen LogP contribution in [0.3, 0.4) is 0 Å². The number of carbonyl (C=O) groups is 2. The Balaban J connectivity index is 1.10. The maximum Gasteiger partial charge on any atom is 0.325 e. The van der Waals surface area contributed by atoms with E-state index in [9.17, 15) is 14.7 Å². The number of rotatable bonds is 14. The van der Waals surface area contributed by atoms with Gasteiger partial charge in [-0.1, -0.05) is 152 Å². The summed E-state index contributed by atoms with van der Waals surface area (Å²) in [7, 11) is 0. The molecule has 11 heteroatoms. The second-order valence-corrected chi connectivity index (χ2v) is 14.6. The molecule has 10 nitrogen and oxygen atoms in total. The molecule has 0 aliphatic carbocycles. The van der Waals surface area contributed by atoms with Gasteiger partial charge in [-0.3, -0.25) is 4.79 Å². The van der Waals surface area contributed by atoms with Crippen LogP contribution in [0.15, 0.2) is 143 Å². The largest absolute Gasteiger partial charge is 0.465 e. The van der Waals surface area contributed by atoms with Crippen molar-refractivity contribution in [3.8, 4) is 33.7 Å². The lowest BCUT2D eigenvalue weighted by Gasteiger charge is -2.41. The van der Waals surface area contributed by atoms with E-state index in [2.05, 4.69) is 17.6 Å². The summed E-state index contributed by atoms with van der Waals surface area (Å²) in [4.78, 5) is 29.0. The number of carbonyl (C=O) groups excluding carboxylic acids is 2. The minimum atomic E-state index is -0.660. The van der Waals surface area contributed by atoms with Crippen LogP contribution in [-0.2, 0) is 32.2 Å². The standard InChI is InChI=1S/C46H45N3O7S/c1-3-53-40(51)27-48-45(52)47-26-37-16-10-11-17-38(37)32-22-24-36(25-23-32)44-54-39(30(2)42(55-44)35-20-18-31(28-50)19-21-35)29-57-46-49-41(33-12-6-4-7-13-33)43(56-46)34-14-8-5-9-15-34/h4-25,30,39,42,44,50H,3,26-29H2,1-2H3,(H2,47,48,52). The molecule has 0 radical (unpaired) electrons. The topological polar surface area (TPSA) is 132 Å². The van der Waals surface area contributed by atoms with Crippen molar-refractivity contribution in [3.63, 3.8) is 0 Å². The summed E-state index contributed by atoms with van der Waals surface area (Å²) in [6.45, 7) is 4.13. The number of oxazole rings is 1. The molecule has 0 spiro atoms. The molecule has 2 heterocycles. The van der Waals surface area contributed by atoms with Gasteiger partial charge in [-0.2, -0.15) is 0 Å². The third kappa shape index (κ3) is 9.81. The van der Waals surface area contributed by atoms with Crippen molar-refractivity contribution in [2.24, 2.45) is 5.92 Å². The van der Waals surface area contributed by atoms with Crippen LogP contribution in [0.1, 0.15) is 48.5 Å². The first-order valence-electron chi connectivity index (χ1n) is 19.0. The highest BCUT2D eigenvalue weighted by molar-refractivity contribution is 7.99. The first-order chi connectivity index (χ1) is 27.9. The van der Waals surface area contributed by atoms with Crippen LogP contribution in [0.2, 0.25) is 0 Å². The first kappa shape index (κ1) is 39.5. The van der Waals surface area contributed by atoms with Gasteiger partial charge in [0.1, 0.15) is 12.2 Å². The summed E-state index contributed by atoms with van der Waals surface area (Å²) >= 11 is 1.52. The zero-order valence-electron chi connectivity index (χ0n) is 31.8. The average Bonchev–Trinajstić information content (AvgIpc) is 3.70. The van der Waals surface area contributed by atoms with Crippen molar-refractivity contribution in [2.75, 3.05) is 18.9 Å². The SMILES string of the molecule is CCOC(=O)CNC(=O)NCc1ccccc1-c1ccc(C2OC(CSc3nc(-c4ccccc4)c(-c4ccccc4)o3)C(C)C(c3ccc(CO)cc3)O2)cc1. The zero-order valence-corrected chi connectivity index (χ0v) is 32.6. The summed E-state index contributed by atoms with van der Waals surface area (Å²) in [6.07, 6.45) is -1.18. The molecule has 7 rings (SSSR count). The van der Waals surface area contributed by atoms with Crippen LogP contribution in [0.5, 0.6) is 0 Å². The van der Waals surface area contributed by atoms with Crippen LogP contribution in [0.25, 0.3) is 33.7 Å². The fourth-order valence-electron chi connectivity index (χ4n) is 6.78. The quantitative estimate of drug-likeness (QED) is 0.0731. The number of benzene rings is 5. The molecule has 4 unspecified atom stereocenters. The Bertz CT molecular complexity index is 2170. The Labute approximate surface area is 336 Å². The summed E-state index contributed by atoms with van der Waals surface area (Å²) in [6, 6.07) is 43.4. The third-order valence-electron chi connectivity index (χ3n) is 9.83. The molecule has 1 aromatic heterocycles. The average molecular weight is 784 g/mol. The minimum Gasteiger partial charge on any atom is -0.465 e. The van der Waals surface area contributed by atoms with E-state index < -0.39 is 18.3 Å². The number of aliphatic hydroxyl groups excluding tert-OH is 1. The Morgan fingerprint density at radius 2 is 1.44 bits per heavy atom. The summed E-state index contributed by atoms with van der Waals surface area (Å²) < 4.78 is 24.8. The highest BCUT2D eigenvalue weighted by Crippen LogP contribution is 2.44. The predicted molar refractivity (Wildman–Crippen MR) is 220 cm³/mol. The number of amides is 2. The Morgan fingerprint density at radius 1 is 0.772 bits per heavy atom. The summed E-state index contributed by atoms with van der Waals surface area (Å²) in [5.74, 6) is 0.772. The first-order valence-corrected chi connectivity index (χ1v) is 20.0. The molecular formula is C46H45N3O7S. The highest BCUT2D eigenvalue weighted by atomic mass is 32.2. The molecule has 1 aliphatic rings. The second kappa shape index (κ2) is 18.9. The van der Waals surface area contributed by atoms with Crippen molar-refractivity contribution in [1.82, 2.24) is 15.6 Å². The smallest absolute Gasteiger partial charge is 0.325 e. The van der Waals surface area contributed by atoms with Gasteiger partial charge in [0, 0.05) is 34.9 Å². The Morgan fingerprint density at radius 3 is 2.14 bits per heavy atom. The fourth-order valence-corrected chi connectivity index (χ4v) is 7.77. The van der Waals surface area contributed by atoms with Gasteiger partial charge in [-0.25, -0.2) is 9.78 Å². The van der Waals surface area contributed by atoms with E-state index >= 15 is 0 Å². The van der Waals surface area contributed by atoms with Crippen molar-refractivity contribution in [2.45, 2.75) is 50.7 Å². The summed E-state index contributed by atoms with van der Waals surface area (Å²) in [5, 5.41) is 15.6. The number of thioether (sulfide) groups is 1. The van der Waals surface area contributed by atoms with E-state index in [0.29, 0.717) is 11.0 Å². The number of aromatic nitrogens is 1. The molecule has 5 aromatic carbocycles. The predicted octanol–water partition coefficient (Wildman–Crippen LogP) is 9.11. The molecule has 0 saturated carbocycles. The van der Waals surface area contributed by atoms with Gasteiger partial charge in [-0.05, 0) is 34.7 Å². The van der Waals surface area contributed by atoms with Crippen molar-refractivity contribution in [3.05, 3.63) is 156 Å². The number of nitrogens with one attached hydrogen (secondary N) is 2. The van der Waals surface area contributed by atoms with Crippen LogP contribution in [-0.4, -0.2) is 47.1 Å². The van der Waals surface area contributed by atoms with E-state index in [4.69, 9.17) is 23.6 Å². The molecule has 0 bridgehead atoms. The molecule has 1 aliphatic heterocycles. The number of nitrogens with zero attached hydrogens (tertiary/aromatic N) is 1. The highest BCUT2D eigenvalue weighted by Gasteiger charge is 2.39. The number of esters is 1. The Kier molecular flexibility index (Phi) is 13.1. The number of hydrogen-bond donors (Lipinski definition) is 3. The monoisotopic (exact) mass is 783 g/mol. The van der Waals surface area contributed by atoms with Gasteiger partial charge >= 0.3 is 12.0 Å². The maximum atomic E-state index is 12.4.